The molecule has 1 atom stereocenters. The SMILES string of the molecule is COc1ccc(CN(C)C(C)C(=O)NC(=O)NC2CC2)cc1. The normalized spacial score (nSPS) is 15.3. The minimum Gasteiger partial charge on any atom is -0.497 e. The van der Waals surface area contributed by atoms with Gasteiger partial charge in [-0.2, -0.15) is 0 Å². The molecule has 0 aromatic heterocycles. The minimum atomic E-state index is -0.405. The predicted molar refractivity (Wildman–Crippen MR) is 83.6 cm³/mol. The molecule has 1 aliphatic carbocycles. The van der Waals surface area contributed by atoms with Crippen LogP contribution in [0.1, 0.15) is 25.3 Å². The third-order valence-corrected chi connectivity index (χ3v) is 3.78. The number of rotatable bonds is 6. The topological polar surface area (TPSA) is 70.7 Å². The van der Waals surface area contributed by atoms with Gasteiger partial charge in [0.2, 0.25) is 5.91 Å². The number of ether oxygens (including phenoxy) is 1. The Morgan fingerprint density at radius 3 is 2.50 bits per heavy atom. The van der Waals surface area contributed by atoms with Gasteiger partial charge in [0.25, 0.3) is 0 Å². The summed E-state index contributed by atoms with van der Waals surface area (Å²) in [6, 6.07) is 7.12. The van der Waals surface area contributed by atoms with Gasteiger partial charge in [-0.05, 0) is 44.5 Å². The number of imide groups is 1. The van der Waals surface area contributed by atoms with E-state index in [0.29, 0.717) is 6.54 Å². The molecule has 22 heavy (non-hydrogen) atoms. The van der Waals surface area contributed by atoms with E-state index in [0.717, 1.165) is 24.2 Å². The Hall–Kier alpha value is -2.08. The summed E-state index contributed by atoms with van der Waals surface area (Å²) in [4.78, 5) is 25.5. The van der Waals surface area contributed by atoms with Crippen LogP contribution in [0.2, 0.25) is 0 Å². The van der Waals surface area contributed by atoms with Crippen LogP contribution in [0.25, 0.3) is 0 Å². The van der Waals surface area contributed by atoms with Crippen LogP contribution in [-0.4, -0.2) is 43.1 Å². The highest BCUT2D eigenvalue weighted by Gasteiger charge is 2.25. The number of nitrogens with one attached hydrogen (secondary N) is 2. The molecule has 2 N–H and O–H groups in total. The van der Waals surface area contributed by atoms with E-state index in [-0.39, 0.29) is 11.9 Å². The van der Waals surface area contributed by atoms with Crippen LogP contribution in [-0.2, 0) is 11.3 Å². The average Bonchev–Trinajstić information content (AvgIpc) is 3.30. The Balaban J connectivity index is 1.82. The Morgan fingerprint density at radius 1 is 1.32 bits per heavy atom. The molecule has 1 aromatic carbocycles. The molecular weight excluding hydrogens is 282 g/mol. The fourth-order valence-corrected chi connectivity index (χ4v) is 2.02. The van der Waals surface area contributed by atoms with Crippen molar-refractivity contribution in [2.24, 2.45) is 0 Å². The van der Waals surface area contributed by atoms with Crippen molar-refractivity contribution < 1.29 is 14.3 Å². The summed E-state index contributed by atoms with van der Waals surface area (Å²) in [5, 5.41) is 5.12. The lowest BCUT2D eigenvalue weighted by Gasteiger charge is -2.23. The van der Waals surface area contributed by atoms with Crippen molar-refractivity contribution in [3.05, 3.63) is 29.8 Å². The Morgan fingerprint density at radius 2 is 1.95 bits per heavy atom. The molecule has 1 aliphatic rings. The van der Waals surface area contributed by atoms with Crippen molar-refractivity contribution in [2.75, 3.05) is 14.2 Å². The van der Waals surface area contributed by atoms with E-state index in [1.54, 1.807) is 14.0 Å². The van der Waals surface area contributed by atoms with Gasteiger partial charge < -0.3 is 10.1 Å². The predicted octanol–water partition coefficient (Wildman–Crippen LogP) is 1.50. The minimum absolute atomic E-state index is 0.236. The molecular formula is C16H23N3O3. The number of hydrogen-bond donors (Lipinski definition) is 2. The molecule has 6 nitrogen and oxygen atoms in total. The number of methoxy groups -OCH3 is 1. The molecule has 2 rings (SSSR count). The fourth-order valence-electron chi connectivity index (χ4n) is 2.02. The Labute approximate surface area is 130 Å². The average molecular weight is 305 g/mol. The van der Waals surface area contributed by atoms with Gasteiger partial charge in [-0.25, -0.2) is 4.79 Å². The number of carbonyl (C=O) groups is 2. The number of carbonyl (C=O) groups excluding carboxylic acids is 2. The molecule has 1 aromatic rings. The number of amides is 3. The van der Waals surface area contributed by atoms with E-state index in [1.165, 1.54) is 0 Å². The van der Waals surface area contributed by atoms with Gasteiger partial charge in [-0.3, -0.25) is 15.0 Å². The highest BCUT2D eigenvalue weighted by Crippen LogP contribution is 2.18. The maximum atomic E-state index is 12.1. The second-order valence-corrected chi connectivity index (χ2v) is 5.68. The molecule has 1 saturated carbocycles. The number of likely N-dealkylation sites (N-methyl/N-ethyl adjacent to an activating group) is 1. The van der Waals surface area contributed by atoms with Gasteiger partial charge in [0.1, 0.15) is 5.75 Å². The zero-order valence-electron chi connectivity index (χ0n) is 13.3. The summed E-state index contributed by atoms with van der Waals surface area (Å²) >= 11 is 0. The summed E-state index contributed by atoms with van der Waals surface area (Å²) < 4.78 is 5.12. The molecule has 6 heteroatoms. The van der Waals surface area contributed by atoms with E-state index >= 15 is 0 Å². The van der Waals surface area contributed by atoms with Crippen LogP contribution in [0, 0.1) is 0 Å². The maximum Gasteiger partial charge on any atom is 0.321 e. The summed E-state index contributed by atoms with van der Waals surface area (Å²) in [5.74, 6) is 0.503. The molecule has 120 valence electrons. The van der Waals surface area contributed by atoms with E-state index < -0.39 is 12.1 Å². The van der Waals surface area contributed by atoms with Crippen LogP contribution < -0.4 is 15.4 Å². The largest absolute Gasteiger partial charge is 0.497 e. The summed E-state index contributed by atoms with van der Waals surface area (Å²) in [7, 11) is 3.48. The van der Waals surface area contributed by atoms with Crippen molar-refractivity contribution in [3.8, 4) is 5.75 Å². The first-order chi connectivity index (χ1) is 10.5. The van der Waals surface area contributed by atoms with Crippen LogP contribution in [0.5, 0.6) is 5.75 Å². The highest BCUT2D eigenvalue weighted by atomic mass is 16.5. The van der Waals surface area contributed by atoms with Crippen molar-refractivity contribution in [1.29, 1.82) is 0 Å². The molecule has 0 spiro atoms. The second kappa shape index (κ2) is 7.26. The summed E-state index contributed by atoms with van der Waals surface area (Å²) in [6.45, 7) is 2.39. The first-order valence-electron chi connectivity index (χ1n) is 7.44. The van der Waals surface area contributed by atoms with Gasteiger partial charge >= 0.3 is 6.03 Å². The standard InChI is InChI=1S/C16H23N3O3/c1-11(15(20)18-16(21)17-13-6-7-13)19(2)10-12-4-8-14(22-3)9-5-12/h4-5,8-9,11,13H,6-7,10H2,1-3H3,(H2,17,18,20,21). The molecule has 1 fully saturated rings. The van der Waals surface area contributed by atoms with Crippen molar-refractivity contribution in [1.82, 2.24) is 15.5 Å². The first kappa shape index (κ1) is 16.3. The number of hydrogen-bond acceptors (Lipinski definition) is 4. The molecule has 3 amide bonds. The van der Waals surface area contributed by atoms with Crippen LogP contribution >= 0.6 is 0 Å². The molecule has 0 radical (unpaired) electrons. The van der Waals surface area contributed by atoms with Crippen molar-refractivity contribution in [3.63, 3.8) is 0 Å². The lowest BCUT2D eigenvalue weighted by Crippen LogP contribution is -2.48. The zero-order chi connectivity index (χ0) is 16.1. The highest BCUT2D eigenvalue weighted by molar-refractivity contribution is 5.96. The van der Waals surface area contributed by atoms with Crippen molar-refractivity contribution in [2.45, 2.75) is 38.4 Å². The lowest BCUT2D eigenvalue weighted by atomic mass is 10.2. The zero-order valence-corrected chi connectivity index (χ0v) is 13.3. The quantitative estimate of drug-likeness (QED) is 0.835. The number of nitrogens with zero attached hydrogens (tertiary/aromatic N) is 1. The third-order valence-electron chi connectivity index (χ3n) is 3.78. The molecule has 1 unspecified atom stereocenters. The molecule has 0 saturated heterocycles. The first-order valence-corrected chi connectivity index (χ1v) is 7.44. The van der Waals surface area contributed by atoms with E-state index in [2.05, 4.69) is 10.6 Å². The number of urea groups is 1. The molecule has 0 aliphatic heterocycles. The van der Waals surface area contributed by atoms with Gasteiger partial charge in [-0.15, -0.1) is 0 Å². The van der Waals surface area contributed by atoms with Gasteiger partial charge in [0.05, 0.1) is 13.2 Å². The molecule has 0 heterocycles. The Bertz CT molecular complexity index is 526. The fraction of sp³-hybridized carbons (Fsp3) is 0.500. The smallest absolute Gasteiger partial charge is 0.321 e. The molecule has 0 bridgehead atoms. The summed E-state index contributed by atoms with van der Waals surface area (Å²) in [6.07, 6.45) is 1.99. The van der Waals surface area contributed by atoms with Gasteiger partial charge in [0.15, 0.2) is 0 Å². The third kappa shape index (κ3) is 4.73. The van der Waals surface area contributed by atoms with Gasteiger partial charge in [-0.1, -0.05) is 12.1 Å². The maximum absolute atomic E-state index is 12.1. The van der Waals surface area contributed by atoms with E-state index in [9.17, 15) is 9.59 Å². The van der Waals surface area contributed by atoms with E-state index in [4.69, 9.17) is 4.74 Å². The van der Waals surface area contributed by atoms with Crippen LogP contribution in [0.4, 0.5) is 4.79 Å². The Kier molecular flexibility index (Phi) is 5.38. The van der Waals surface area contributed by atoms with Crippen LogP contribution in [0.3, 0.4) is 0 Å². The second-order valence-electron chi connectivity index (χ2n) is 5.68. The van der Waals surface area contributed by atoms with Crippen LogP contribution in [0.15, 0.2) is 24.3 Å². The van der Waals surface area contributed by atoms with E-state index in [1.807, 2.05) is 36.2 Å². The number of benzene rings is 1. The van der Waals surface area contributed by atoms with Crippen molar-refractivity contribution >= 4 is 11.9 Å². The van der Waals surface area contributed by atoms with Gasteiger partial charge in [0, 0.05) is 12.6 Å². The monoisotopic (exact) mass is 305 g/mol. The summed E-state index contributed by atoms with van der Waals surface area (Å²) in [5.41, 5.74) is 1.07. The lowest BCUT2D eigenvalue weighted by molar-refractivity contribution is -0.124.